The number of carbonyl (C=O) groups is 1. The minimum absolute atomic E-state index is 0.260. The van der Waals surface area contributed by atoms with E-state index in [1.165, 1.54) is 0 Å². The average Bonchev–Trinajstić information content (AvgIpc) is 3.21. The molecule has 0 atom stereocenters. The zero-order valence-electron chi connectivity index (χ0n) is 16.9. The number of anilines is 1. The summed E-state index contributed by atoms with van der Waals surface area (Å²) in [5.41, 5.74) is 5.21. The first-order chi connectivity index (χ1) is 14.0. The number of aryl methyl sites for hydroxylation is 2. The predicted octanol–water partition coefficient (Wildman–Crippen LogP) is 5.37. The van der Waals surface area contributed by atoms with Gasteiger partial charge in [0.25, 0.3) is 5.91 Å². The van der Waals surface area contributed by atoms with E-state index in [1.54, 1.807) is 6.08 Å². The largest absolute Gasteiger partial charge is 0.493 e. The van der Waals surface area contributed by atoms with Gasteiger partial charge in [-0.1, -0.05) is 12.1 Å². The monoisotopic (exact) mass is 389 g/mol. The summed E-state index contributed by atoms with van der Waals surface area (Å²) in [4.78, 5) is 20.0. The molecule has 0 aliphatic rings. The van der Waals surface area contributed by atoms with Gasteiger partial charge in [-0.25, -0.2) is 4.98 Å². The van der Waals surface area contributed by atoms with Gasteiger partial charge >= 0.3 is 0 Å². The number of amides is 1. The number of aromatic amines is 1. The molecule has 0 aliphatic carbocycles. The van der Waals surface area contributed by atoms with Crippen LogP contribution < -0.4 is 10.1 Å². The number of H-pyrrole nitrogens is 1. The summed E-state index contributed by atoms with van der Waals surface area (Å²) < 4.78 is 11.6. The van der Waals surface area contributed by atoms with Crippen molar-refractivity contribution in [2.24, 2.45) is 0 Å². The second-order valence-corrected chi connectivity index (χ2v) is 6.98. The Morgan fingerprint density at radius 1 is 1.28 bits per heavy atom. The maximum absolute atomic E-state index is 12.6. The van der Waals surface area contributed by atoms with Gasteiger partial charge in [0, 0.05) is 23.1 Å². The highest BCUT2D eigenvalue weighted by Crippen LogP contribution is 2.35. The third kappa shape index (κ3) is 3.61. The van der Waals surface area contributed by atoms with Gasteiger partial charge in [-0.2, -0.15) is 0 Å². The highest BCUT2D eigenvalue weighted by molar-refractivity contribution is 6.04. The molecular formula is C23H23N3O3. The summed E-state index contributed by atoms with van der Waals surface area (Å²) in [5.74, 6) is 1.73. The second kappa shape index (κ2) is 7.47. The Morgan fingerprint density at radius 2 is 2.07 bits per heavy atom. The second-order valence-electron chi connectivity index (χ2n) is 6.98. The molecule has 0 bridgehead atoms. The third-order valence-electron chi connectivity index (χ3n) is 4.98. The average molecular weight is 389 g/mol. The van der Waals surface area contributed by atoms with Crippen LogP contribution >= 0.6 is 0 Å². The first kappa shape index (κ1) is 18.8. The fraction of sp³-hybridized carbons (Fsp3) is 0.217. The molecule has 1 amide bonds. The normalized spacial score (nSPS) is 11.9. The van der Waals surface area contributed by atoms with Gasteiger partial charge in [0.15, 0.2) is 0 Å². The molecule has 2 aromatic carbocycles. The van der Waals surface area contributed by atoms with Crippen LogP contribution in [0.3, 0.4) is 0 Å². The molecule has 0 radical (unpaired) electrons. The number of hydrogen-bond acceptors (Lipinski definition) is 4. The van der Waals surface area contributed by atoms with Crippen LogP contribution in [-0.2, 0) is 4.79 Å². The number of allylic oxidation sites excluding steroid dienone is 1. The van der Waals surface area contributed by atoms with Crippen molar-refractivity contribution in [3.05, 3.63) is 59.4 Å². The molecule has 0 fully saturated rings. The Balaban J connectivity index is 1.66. The van der Waals surface area contributed by atoms with Crippen LogP contribution in [-0.4, -0.2) is 22.5 Å². The zero-order valence-corrected chi connectivity index (χ0v) is 16.9. The predicted molar refractivity (Wildman–Crippen MR) is 115 cm³/mol. The highest BCUT2D eigenvalue weighted by atomic mass is 16.5. The van der Waals surface area contributed by atoms with Gasteiger partial charge in [-0.15, -0.1) is 0 Å². The zero-order chi connectivity index (χ0) is 20.5. The van der Waals surface area contributed by atoms with Gasteiger partial charge in [0.2, 0.25) is 5.95 Å². The molecule has 0 spiro atoms. The quantitative estimate of drug-likeness (QED) is 0.450. The maximum atomic E-state index is 12.6. The van der Waals surface area contributed by atoms with Crippen molar-refractivity contribution in [1.29, 1.82) is 0 Å². The fourth-order valence-electron chi connectivity index (χ4n) is 3.39. The lowest BCUT2D eigenvalue weighted by molar-refractivity contribution is -0.111. The van der Waals surface area contributed by atoms with Crippen LogP contribution in [0.25, 0.3) is 27.6 Å². The number of ether oxygens (including phenoxy) is 1. The SMILES string of the molecule is CCOc1cc2oc(C)c(C)c2cc1/C(C)=C/C(=O)Nc1nc2ccccc2[nH]1. The summed E-state index contributed by atoms with van der Waals surface area (Å²) in [6, 6.07) is 11.5. The fourth-order valence-corrected chi connectivity index (χ4v) is 3.39. The van der Waals surface area contributed by atoms with Crippen LogP contribution in [0.5, 0.6) is 5.75 Å². The van der Waals surface area contributed by atoms with E-state index in [-0.39, 0.29) is 5.91 Å². The summed E-state index contributed by atoms with van der Waals surface area (Å²) in [6.45, 7) is 8.32. The molecule has 0 aliphatic heterocycles. The Bertz CT molecular complexity index is 1210. The van der Waals surface area contributed by atoms with E-state index in [0.717, 1.165) is 44.5 Å². The maximum Gasteiger partial charge on any atom is 0.250 e. The van der Waals surface area contributed by atoms with E-state index < -0.39 is 0 Å². The number of nitrogens with zero attached hydrogens (tertiary/aromatic N) is 1. The minimum atomic E-state index is -0.260. The van der Waals surface area contributed by atoms with Crippen LogP contribution in [0, 0.1) is 13.8 Å². The Labute approximate surface area is 168 Å². The lowest BCUT2D eigenvalue weighted by Gasteiger charge is -2.11. The molecular weight excluding hydrogens is 366 g/mol. The van der Waals surface area contributed by atoms with Crippen molar-refractivity contribution >= 4 is 39.4 Å². The molecule has 4 rings (SSSR count). The molecule has 0 unspecified atom stereocenters. The molecule has 4 aromatic rings. The number of para-hydroxylation sites is 2. The number of rotatable bonds is 5. The molecule has 29 heavy (non-hydrogen) atoms. The van der Waals surface area contributed by atoms with Crippen LogP contribution in [0.2, 0.25) is 0 Å². The molecule has 2 heterocycles. The summed E-state index contributed by atoms with van der Waals surface area (Å²) >= 11 is 0. The lowest BCUT2D eigenvalue weighted by Crippen LogP contribution is -2.10. The van der Waals surface area contributed by atoms with Crippen LogP contribution in [0.15, 0.2) is 46.9 Å². The number of aromatic nitrogens is 2. The van der Waals surface area contributed by atoms with Crippen molar-refractivity contribution in [3.63, 3.8) is 0 Å². The number of hydrogen-bond donors (Lipinski definition) is 2. The van der Waals surface area contributed by atoms with E-state index in [1.807, 2.05) is 64.1 Å². The molecule has 2 N–H and O–H groups in total. The van der Waals surface area contributed by atoms with Gasteiger partial charge < -0.3 is 14.1 Å². The number of carbonyl (C=O) groups excluding carboxylic acids is 1. The van der Waals surface area contributed by atoms with Gasteiger partial charge in [-0.3, -0.25) is 10.1 Å². The van der Waals surface area contributed by atoms with E-state index in [0.29, 0.717) is 18.3 Å². The number of fused-ring (bicyclic) bond motifs is 2. The topological polar surface area (TPSA) is 80.2 Å². The standard InChI is InChI=1S/C23H23N3O3/c1-5-28-20-12-21-17(14(3)15(4)29-21)11-16(20)13(2)10-22(27)26-23-24-18-8-6-7-9-19(18)25-23/h6-12H,5H2,1-4H3,(H2,24,25,26,27)/b13-10+. The van der Waals surface area contributed by atoms with E-state index in [9.17, 15) is 4.79 Å². The van der Waals surface area contributed by atoms with Gasteiger partial charge in [0.05, 0.1) is 17.6 Å². The number of nitrogens with one attached hydrogen (secondary N) is 2. The van der Waals surface area contributed by atoms with Crippen LogP contribution in [0.1, 0.15) is 30.7 Å². The number of imidazole rings is 1. The molecule has 6 nitrogen and oxygen atoms in total. The molecule has 2 aromatic heterocycles. The number of benzene rings is 2. The smallest absolute Gasteiger partial charge is 0.250 e. The molecule has 6 heteroatoms. The Morgan fingerprint density at radius 3 is 2.83 bits per heavy atom. The van der Waals surface area contributed by atoms with Crippen molar-refractivity contribution in [2.75, 3.05) is 11.9 Å². The number of furan rings is 1. The summed E-state index contributed by atoms with van der Waals surface area (Å²) in [7, 11) is 0. The van der Waals surface area contributed by atoms with Crippen molar-refractivity contribution in [1.82, 2.24) is 9.97 Å². The molecule has 148 valence electrons. The summed E-state index contributed by atoms with van der Waals surface area (Å²) in [5, 5.41) is 3.81. The molecule has 0 saturated heterocycles. The van der Waals surface area contributed by atoms with Gasteiger partial charge in [-0.05, 0) is 57.0 Å². The lowest BCUT2D eigenvalue weighted by atomic mass is 10.0. The van der Waals surface area contributed by atoms with Crippen molar-refractivity contribution < 1.29 is 13.9 Å². The molecule has 0 saturated carbocycles. The van der Waals surface area contributed by atoms with Crippen molar-refractivity contribution in [3.8, 4) is 5.75 Å². The summed E-state index contributed by atoms with van der Waals surface area (Å²) in [6.07, 6.45) is 1.55. The Kier molecular flexibility index (Phi) is 4.84. The van der Waals surface area contributed by atoms with Gasteiger partial charge in [0.1, 0.15) is 17.1 Å². The minimum Gasteiger partial charge on any atom is -0.493 e. The van der Waals surface area contributed by atoms with E-state index >= 15 is 0 Å². The van der Waals surface area contributed by atoms with E-state index in [2.05, 4.69) is 15.3 Å². The third-order valence-corrected chi connectivity index (χ3v) is 4.98. The van der Waals surface area contributed by atoms with E-state index in [4.69, 9.17) is 9.15 Å². The van der Waals surface area contributed by atoms with Crippen LogP contribution in [0.4, 0.5) is 5.95 Å². The van der Waals surface area contributed by atoms with Crippen molar-refractivity contribution in [2.45, 2.75) is 27.7 Å². The first-order valence-corrected chi connectivity index (χ1v) is 9.57. The first-order valence-electron chi connectivity index (χ1n) is 9.57. The Hall–Kier alpha value is -3.54. The highest BCUT2D eigenvalue weighted by Gasteiger charge is 2.15.